The van der Waals surface area contributed by atoms with Crippen LogP contribution in [0.1, 0.15) is 6.23 Å². The summed E-state index contributed by atoms with van der Waals surface area (Å²) in [6.45, 7) is -0.893. The van der Waals surface area contributed by atoms with Gasteiger partial charge in [-0.2, -0.15) is 0 Å². The highest BCUT2D eigenvalue weighted by Gasteiger charge is 2.45. The van der Waals surface area contributed by atoms with Crippen molar-refractivity contribution in [3.8, 4) is 0 Å². The third kappa shape index (κ3) is 5.29. The molecule has 0 bridgehead atoms. The van der Waals surface area contributed by atoms with E-state index in [0.717, 1.165) is 13.4 Å². The fourth-order valence-corrected chi connectivity index (χ4v) is 4.48. The molecule has 3 heterocycles. The minimum atomic E-state index is -5.39. The number of carbonyl (C=O) groups excluding carboxylic acids is 1. The Balaban J connectivity index is 1.76. The molecule has 6 atom stereocenters. The zero-order valence-electron chi connectivity index (χ0n) is 16.3. The average Bonchev–Trinajstić information content (AvgIpc) is 3.28. The summed E-state index contributed by atoms with van der Waals surface area (Å²) >= 11 is 0. The van der Waals surface area contributed by atoms with Crippen molar-refractivity contribution < 1.29 is 56.8 Å². The maximum absolute atomic E-state index is 11.6. The van der Waals surface area contributed by atoms with Gasteiger partial charge in [0.1, 0.15) is 24.6 Å². The Kier molecular flexibility index (Phi) is 7.26. The van der Waals surface area contributed by atoms with Gasteiger partial charge >= 0.3 is 6.09 Å². The largest absolute Gasteiger partial charge is 0.756 e. The fraction of sp³-hybridized carbons (Fsp3) is 0.538. The fourth-order valence-electron chi connectivity index (χ4n) is 2.72. The van der Waals surface area contributed by atoms with Crippen LogP contribution in [0.3, 0.4) is 0 Å². The number of hydrogen-bond donors (Lipinski definition) is 3. The van der Waals surface area contributed by atoms with Gasteiger partial charge in [0.2, 0.25) is 0 Å². The highest BCUT2D eigenvalue weighted by Crippen LogP contribution is 2.55. The first-order valence-corrected chi connectivity index (χ1v) is 11.5. The molecule has 3 unspecified atom stereocenters. The average molecular weight is 497 g/mol. The number of imidazole rings is 1. The van der Waals surface area contributed by atoms with Gasteiger partial charge in [0.25, 0.3) is 15.6 Å². The van der Waals surface area contributed by atoms with E-state index in [2.05, 4.69) is 38.4 Å². The van der Waals surface area contributed by atoms with Crippen LogP contribution in [0.5, 0.6) is 0 Å². The number of aromatic nitrogens is 4. The zero-order chi connectivity index (χ0) is 23.7. The number of methoxy groups -OCH3 is 1. The van der Waals surface area contributed by atoms with Crippen molar-refractivity contribution in [3.05, 3.63) is 12.7 Å². The van der Waals surface area contributed by atoms with Gasteiger partial charge in [-0.25, -0.2) is 24.1 Å². The van der Waals surface area contributed by atoms with E-state index < -0.39 is 52.9 Å². The van der Waals surface area contributed by atoms with Gasteiger partial charge in [0, 0.05) is 7.11 Å². The maximum Gasteiger partial charge on any atom is 0.412 e. The van der Waals surface area contributed by atoms with Gasteiger partial charge in [-0.05, 0) is 0 Å². The maximum atomic E-state index is 11.6. The first-order chi connectivity index (χ1) is 15.0. The van der Waals surface area contributed by atoms with Crippen LogP contribution in [0.25, 0.3) is 11.2 Å². The number of anilines is 1. The van der Waals surface area contributed by atoms with Crippen molar-refractivity contribution >= 4 is 38.7 Å². The second-order valence-electron chi connectivity index (χ2n) is 6.16. The summed E-state index contributed by atoms with van der Waals surface area (Å²) in [6, 6.07) is 0. The van der Waals surface area contributed by atoms with E-state index in [1.165, 1.54) is 10.9 Å². The molecule has 3 rings (SSSR count). The monoisotopic (exact) mass is 497 g/mol. The number of carbonyl (C=O) groups is 1. The summed E-state index contributed by atoms with van der Waals surface area (Å²) < 4.78 is 46.0. The first-order valence-electron chi connectivity index (χ1n) is 8.56. The molecule has 17 nitrogen and oxygen atoms in total. The van der Waals surface area contributed by atoms with E-state index in [1.54, 1.807) is 0 Å². The number of rotatable bonds is 8. The van der Waals surface area contributed by atoms with Gasteiger partial charge in [-0.15, -0.1) is 0 Å². The van der Waals surface area contributed by atoms with Crippen LogP contribution in [0.4, 0.5) is 10.6 Å². The van der Waals surface area contributed by atoms with Crippen LogP contribution < -0.4 is 15.1 Å². The lowest BCUT2D eigenvalue weighted by atomic mass is 10.1. The number of amides is 1. The Labute approximate surface area is 179 Å². The number of phosphoric acid groups is 2. The van der Waals surface area contributed by atoms with Gasteiger partial charge in [-0.1, -0.05) is 0 Å². The van der Waals surface area contributed by atoms with Gasteiger partial charge < -0.3 is 38.5 Å². The summed E-state index contributed by atoms with van der Waals surface area (Å²) in [6.07, 6.45) is -4.50. The second kappa shape index (κ2) is 9.44. The lowest BCUT2D eigenvalue weighted by Crippen LogP contribution is -2.34. The Morgan fingerprint density at radius 2 is 1.94 bits per heavy atom. The van der Waals surface area contributed by atoms with Crippen LogP contribution in [0.2, 0.25) is 0 Å². The number of hydrogen-bond acceptors (Lipinski definition) is 15. The Morgan fingerprint density at radius 3 is 2.59 bits per heavy atom. The van der Waals surface area contributed by atoms with E-state index in [9.17, 15) is 33.9 Å². The van der Waals surface area contributed by atoms with E-state index >= 15 is 0 Å². The number of phosphoric ester groups is 2. The molecule has 1 saturated heterocycles. The predicted molar refractivity (Wildman–Crippen MR) is 96.5 cm³/mol. The lowest BCUT2D eigenvalue weighted by molar-refractivity contribution is -0.244. The normalized spacial score (nSPS) is 27.1. The summed E-state index contributed by atoms with van der Waals surface area (Å²) in [4.78, 5) is 46.1. The van der Waals surface area contributed by atoms with Crippen molar-refractivity contribution in [2.24, 2.45) is 0 Å². The molecule has 1 fully saturated rings. The number of fused-ring (bicyclic) bond motifs is 1. The molecule has 2 aromatic heterocycles. The van der Waals surface area contributed by atoms with Gasteiger partial charge in [0.15, 0.2) is 23.2 Å². The lowest BCUT2D eigenvalue weighted by Gasteiger charge is -2.30. The van der Waals surface area contributed by atoms with E-state index in [1.807, 2.05) is 0 Å². The van der Waals surface area contributed by atoms with Crippen LogP contribution in [-0.2, 0) is 32.0 Å². The molecular formula is C13H17N5O12P2-2. The highest BCUT2D eigenvalue weighted by molar-refractivity contribution is 7.59. The van der Waals surface area contributed by atoms with Crippen LogP contribution in [0.15, 0.2) is 12.7 Å². The van der Waals surface area contributed by atoms with Gasteiger partial charge in [0.05, 0.1) is 20.0 Å². The molecule has 32 heavy (non-hydrogen) atoms. The molecule has 2 aromatic rings. The van der Waals surface area contributed by atoms with Crippen LogP contribution in [0, 0.1) is 0 Å². The van der Waals surface area contributed by atoms with Crippen molar-refractivity contribution in [2.45, 2.75) is 24.5 Å². The standard InChI is InChI=1S/C13H19N5O12P2/c1-26-13(21)17-10-7-11(15-4-14-10)18(5-16-7)12-9(20)8(19)6(29-12)3-28-32(24,25)30-31(22,23)27-2/h4-6,8-9,12,19-20H,3H2,1-2H3,(H,22,23)(H,24,25)(H,14,15,17,21)/p-2/t6-,8+,9?,12-/m1/s1. The van der Waals surface area contributed by atoms with Crippen molar-refractivity contribution in [2.75, 3.05) is 26.1 Å². The summed E-state index contributed by atoms with van der Waals surface area (Å²) in [5.41, 5.74) is 0.195. The topological polar surface area (TPSA) is 240 Å². The molecule has 0 spiro atoms. The quantitative estimate of drug-likeness (QED) is 0.342. The van der Waals surface area contributed by atoms with Crippen molar-refractivity contribution in [1.29, 1.82) is 0 Å². The van der Waals surface area contributed by atoms with Gasteiger partial charge in [-0.3, -0.25) is 19.0 Å². The Hall–Kier alpha value is -2.04. The Morgan fingerprint density at radius 1 is 1.22 bits per heavy atom. The number of aliphatic hydroxyl groups excluding tert-OH is 2. The molecule has 0 aromatic carbocycles. The highest BCUT2D eigenvalue weighted by atomic mass is 31.3. The van der Waals surface area contributed by atoms with Crippen LogP contribution >= 0.6 is 15.6 Å². The summed E-state index contributed by atoms with van der Waals surface area (Å²) in [5, 5.41) is 22.9. The Bertz CT molecular complexity index is 1080. The smallest absolute Gasteiger partial charge is 0.412 e. The molecule has 0 aliphatic carbocycles. The number of ether oxygens (including phenoxy) is 2. The first kappa shape index (κ1) is 24.6. The molecule has 1 aliphatic rings. The number of nitrogens with zero attached hydrogens (tertiary/aromatic N) is 4. The third-order valence-corrected chi connectivity index (χ3v) is 6.71. The van der Waals surface area contributed by atoms with E-state index in [-0.39, 0.29) is 17.0 Å². The summed E-state index contributed by atoms with van der Waals surface area (Å²) in [5.74, 6) is -0.00172. The predicted octanol–water partition coefficient (Wildman–Crippen LogP) is -1.76. The number of nitrogens with one attached hydrogen (secondary N) is 1. The van der Waals surface area contributed by atoms with Crippen molar-refractivity contribution in [1.82, 2.24) is 19.5 Å². The zero-order valence-corrected chi connectivity index (χ0v) is 18.1. The molecular weight excluding hydrogens is 480 g/mol. The molecule has 178 valence electrons. The number of aliphatic hydroxyl groups is 2. The SMILES string of the molecule is COC(=O)Nc1ncnc2c1ncn2[C@@H]1O[C@H](COP(=O)([O-])OP(=O)([O-])OC)[C@H](O)C1O. The van der Waals surface area contributed by atoms with E-state index in [4.69, 9.17) is 4.74 Å². The van der Waals surface area contributed by atoms with Crippen LogP contribution in [-0.4, -0.2) is 75.0 Å². The molecule has 3 N–H and O–H groups in total. The molecule has 19 heteroatoms. The second-order valence-corrected chi connectivity index (χ2v) is 9.23. The molecule has 0 saturated carbocycles. The van der Waals surface area contributed by atoms with E-state index in [0.29, 0.717) is 7.11 Å². The summed E-state index contributed by atoms with van der Waals surface area (Å²) in [7, 11) is -8.70. The van der Waals surface area contributed by atoms with Crippen molar-refractivity contribution in [3.63, 3.8) is 0 Å². The minimum absolute atomic E-state index is 0.00172. The molecule has 1 amide bonds. The third-order valence-electron chi connectivity index (χ3n) is 4.20. The molecule has 0 radical (unpaired) electrons. The molecule has 1 aliphatic heterocycles. The minimum Gasteiger partial charge on any atom is -0.756 e.